The predicted octanol–water partition coefficient (Wildman–Crippen LogP) is 2.89. The quantitative estimate of drug-likeness (QED) is 0.628. The number of hydrogen-bond acceptors (Lipinski definition) is 5. The Kier molecular flexibility index (Phi) is 3.34. The molecule has 0 radical (unpaired) electrons. The third-order valence-corrected chi connectivity index (χ3v) is 4.02. The molecule has 2 aromatic heterocycles. The molecular formula is C17H16N6. The van der Waals surface area contributed by atoms with Crippen LogP contribution in [0.4, 0.5) is 5.82 Å². The highest BCUT2D eigenvalue weighted by atomic mass is 15.6. The zero-order valence-corrected chi connectivity index (χ0v) is 12.7. The van der Waals surface area contributed by atoms with Crippen LogP contribution in [0.15, 0.2) is 54.6 Å². The van der Waals surface area contributed by atoms with E-state index >= 15 is 0 Å². The Morgan fingerprint density at radius 1 is 1.00 bits per heavy atom. The Morgan fingerprint density at radius 3 is 2.57 bits per heavy atom. The van der Waals surface area contributed by atoms with Crippen LogP contribution in [0.3, 0.4) is 0 Å². The van der Waals surface area contributed by atoms with Crippen LogP contribution in [0.5, 0.6) is 0 Å². The van der Waals surface area contributed by atoms with Crippen molar-refractivity contribution in [3.63, 3.8) is 0 Å². The van der Waals surface area contributed by atoms with E-state index in [-0.39, 0.29) is 0 Å². The molecule has 0 saturated heterocycles. The van der Waals surface area contributed by atoms with Gasteiger partial charge in [-0.25, -0.2) is 0 Å². The molecule has 0 bridgehead atoms. The van der Waals surface area contributed by atoms with Gasteiger partial charge in [-0.05, 0) is 21.9 Å². The Labute approximate surface area is 133 Å². The second kappa shape index (κ2) is 5.64. The van der Waals surface area contributed by atoms with Crippen LogP contribution in [0, 0.1) is 0 Å². The van der Waals surface area contributed by atoms with Gasteiger partial charge >= 0.3 is 0 Å². The number of hydrogen-bond donors (Lipinski definition) is 1. The zero-order chi connectivity index (χ0) is 15.6. The summed E-state index contributed by atoms with van der Waals surface area (Å²) in [7, 11) is 0. The average Bonchev–Trinajstić information content (AvgIpc) is 3.09. The van der Waals surface area contributed by atoms with E-state index in [2.05, 4.69) is 57.1 Å². The Morgan fingerprint density at radius 2 is 1.74 bits per heavy atom. The molecule has 0 aliphatic rings. The van der Waals surface area contributed by atoms with Gasteiger partial charge in [0.1, 0.15) is 0 Å². The number of nitrogens with one attached hydrogen (secondary N) is 1. The van der Waals surface area contributed by atoms with Gasteiger partial charge in [-0.3, -0.25) is 0 Å². The molecule has 0 fully saturated rings. The second-order valence-electron chi connectivity index (χ2n) is 5.58. The first-order valence-corrected chi connectivity index (χ1v) is 7.59. The Hall–Kier alpha value is -3.02. The summed E-state index contributed by atoms with van der Waals surface area (Å²) in [6.07, 6.45) is 0. The minimum Gasteiger partial charge on any atom is -0.367 e. The van der Waals surface area contributed by atoms with E-state index in [1.165, 1.54) is 10.2 Å². The molecular weight excluding hydrogens is 288 g/mol. The number of fused-ring (bicyclic) bond motifs is 3. The lowest BCUT2D eigenvalue weighted by Crippen LogP contribution is -2.12. The van der Waals surface area contributed by atoms with Gasteiger partial charge < -0.3 is 5.32 Å². The fourth-order valence-corrected chi connectivity index (χ4v) is 2.72. The molecule has 6 heteroatoms. The molecule has 6 nitrogen and oxygen atoms in total. The third-order valence-electron chi connectivity index (χ3n) is 4.02. The van der Waals surface area contributed by atoms with Crippen molar-refractivity contribution in [1.29, 1.82) is 0 Å². The van der Waals surface area contributed by atoms with Gasteiger partial charge in [0.05, 0.1) is 0 Å². The highest BCUT2D eigenvalue weighted by molar-refractivity contribution is 5.99. The van der Waals surface area contributed by atoms with E-state index in [0.717, 1.165) is 23.1 Å². The number of rotatable bonds is 4. The first-order chi connectivity index (χ1) is 11.3. The topological polar surface area (TPSA) is 68.0 Å². The lowest BCUT2D eigenvalue weighted by Gasteiger charge is -2.14. The Bertz CT molecular complexity index is 947. The maximum absolute atomic E-state index is 4.50. The summed E-state index contributed by atoms with van der Waals surface area (Å²) in [6.45, 7) is 2.98. The summed E-state index contributed by atoms with van der Waals surface area (Å²) < 4.78 is 1.47. The minimum atomic E-state index is 0.376. The van der Waals surface area contributed by atoms with E-state index in [1.54, 1.807) is 0 Å². The van der Waals surface area contributed by atoms with Gasteiger partial charge in [-0.1, -0.05) is 61.5 Å². The first kappa shape index (κ1) is 13.6. The fourth-order valence-electron chi connectivity index (χ4n) is 2.72. The van der Waals surface area contributed by atoms with Gasteiger partial charge in [0, 0.05) is 17.3 Å². The van der Waals surface area contributed by atoms with Crippen LogP contribution in [0.2, 0.25) is 0 Å². The number of anilines is 1. The van der Waals surface area contributed by atoms with Crippen LogP contribution in [0.1, 0.15) is 18.4 Å². The summed E-state index contributed by atoms with van der Waals surface area (Å²) in [4.78, 5) is 0. The van der Waals surface area contributed by atoms with Crippen LogP contribution >= 0.6 is 0 Å². The average molecular weight is 304 g/mol. The van der Waals surface area contributed by atoms with Gasteiger partial charge in [-0.2, -0.15) is 0 Å². The summed E-state index contributed by atoms with van der Waals surface area (Å²) >= 11 is 0. The second-order valence-corrected chi connectivity index (χ2v) is 5.58. The summed E-state index contributed by atoms with van der Waals surface area (Å²) in [5.74, 6) is 1.17. The van der Waals surface area contributed by atoms with Crippen molar-refractivity contribution in [2.45, 2.75) is 12.8 Å². The molecule has 4 aromatic rings. The molecule has 0 spiro atoms. The lowest BCUT2D eigenvalue weighted by molar-refractivity contribution is 0.731. The van der Waals surface area contributed by atoms with Crippen molar-refractivity contribution in [3.05, 3.63) is 60.2 Å². The summed E-state index contributed by atoms with van der Waals surface area (Å²) in [5.41, 5.74) is 1.97. The van der Waals surface area contributed by atoms with E-state index < -0.39 is 0 Å². The van der Waals surface area contributed by atoms with E-state index in [4.69, 9.17) is 0 Å². The molecule has 2 aromatic carbocycles. The van der Waals surface area contributed by atoms with E-state index in [9.17, 15) is 0 Å². The SMILES string of the molecule is CC(CNc1nn2nnnc2c2ccccc12)c1ccccc1. The van der Waals surface area contributed by atoms with Crippen molar-refractivity contribution in [3.8, 4) is 0 Å². The molecule has 1 atom stereocenters. The van der Waals surface area contributed by atoms with Gasteiger partial charge in [-0.15, -0.1) is 14.8 Å². The molecule has 0 amide bonds. The molecule has 1 N–H and O–H groups in total. The first-order valence-electron chi connectivity index (χ1n) is 7.59. The van der Waals surface area contributed by atoms with Gasteiger partial charge in [0.2, 0.25) is 5.65 Å². The van der Waals surface area contributed by atoms with Crippen molar-refractivity contribution in [2.24, 2.45) is 0 Å². The van der Waals surface area contributed by atoms with Crippen LogP contribution < -0.4 is 5.32 Å². The van der Waals surface area contributed by atoms with Gasteiger partial charge in [0.25, 0.3) is 0 Å². The maximum Gasteiger partial charge on any atom is 0.207 e. The molecule has 1 unspecified atom stereocenters. The van der Waals surface area contributed by atoms with E-state index in [1.807, 2.05) is 30.3 Å². The fraction of sp³-hybridized carbons (Fsp3) is 0.176. The maximum atomic E-state index is 4.50. The molecule has 4 rings (SSSR count). The Balaban J connectivity index is 1.68. The molecule has 0 aliphatic carbocycles. The highest BCUT2D eigenvalue weighted by Crippen LogP contribution is 2.24. The summed E-state index contributed by atoms with van der Waals surface area (Å²) in [5, 5.41) is 21.6. The van der Waals surface area contributed by atoms with Crippen LogP contribution in [-0.4, -0.2) is 31.8 Å². The number of nitrogens with zero attached hydrogens (tertiary/aromatic N) is 5. The molecule has 2 heterocycles. The minimum absolute atomic E-state index is 0.376. The molecule has 23 heavy (non-hydrogen) atoms. The van der Waals surface area contributed by atoms with Crippen LogP contribution in [0.25, 0.3) is 16.4 Å². The number of tetrazole rings is 1. The molecule has 0 saturated carbocycles. The number of aromatic nitrogens is 5. The standard InChI is InChI=1S/C17H16N6/c1-12(13-7-3-2-4-8-13)11-18-16-14-9-5-6-10-15(14)17-19-21-22-23(17)20-16/h2-10,12H,11H2,1H3,(H,18,20). The largest absolute Gasteiger partial charge is 0.367 e. The highest BCUT2D eigenvalue weighted by Gasteiger charge is 2.12. The van der Waals surface area contributed by atoms with Crippen molar-refractivity contribution < 1.29 is 0 Å². The lowest BCUT2D eigenvalue weighted by atomic mass is 10.0. The van der Waals surface area contributed by atoms with Crippen molar-refractivity contribution in [2.75, 3.05) is 11.9 Å². The molecule has 114 valence electrons. The van der Waals surface area contributed by atoms with Crippen LogP contribution in [-0.2, 0) is 0 Å². The smallest absolute Gasteiger partial charge is 0.207 e. The van der Waals surface area contributed by atoms with Crippen molar-refractivity contribution >= 4 is 22.2 Å². The van der Waals surface area contributed by atoms with Gasteiger partial charge in [0.15, 0.2) is 5.82 Å². The normalized spacial score (nSPS) is 12.6. The van der Waals surface area contributed by atoms with E-state index in [0.29, 0.717) is 11.6 Å². The monoisotopic (exact) mass is 304 g/mol. The molecule has 0 aliphatic heterocycles. The summed E-state index contributed by atoms with van der Waals surface area (Å²) in [6, 6.07) is 18.5. The third kappa shape index (κ3) is 2.48. The predicted molar refractivity (Wildman–Crippen MR) is 89.4 cm³/mol. The zero-order valence-electron chi connectivity index (χ0n) is 12.7. The number of benzene rings is 2. The van der Waals surface area contributed by atoms with Crippen molar-refractivity contribution in [1.82, 2.24) is 25.3 Å².